The summed E-state index contributed by atoms with van der Waals surface area (Å²) in [6.45, 7) is 11.3. The quantitative estimate of drug-likeness (QED) is 0.651. The van der Waals surface area contributed by atoms with Crippen LogP contribution in [0.3, 0.4) is 0 Å². The Balaban J connectivity index is 2.82. The first-order valence-electron chi connectivity index (χ1n) is 7.94. The zero-order valence-corrected chi connectivity index (χ0v) is 14.1. The first-order valence-corrected chi connectivity index (χ1v) is 7.94. The van der Waals surface area contributed by atoms with Crippen molar-refractivity contribution in [2.45, 2.75) is 46.8 Å². The topological polar surface area (TPSA) is 61.8 Å². The highest BCUT2D eigenvalue weighted by atomic mass is 16.5. The number of hydrogen-bond acceptors (Lipinski definition) is 4. The molecular formula is C17H28N2O3. The number of carbonyl (C=O) groups is 1. The van der Waals surface area contributed by atoms with Crippen molar-refractivity contribution in [3.8, 4) is 5.75 Å². The molecule has 0 unspecified atom stereocenters. The molecule has 0 fully saturated rings. The van der Waals surface area contributed by atoms with Crippen molar-refractivity contribution in [1.29, 1.82) is 0 Å². The summed E-state index contributed by atoms with van der Waals surface area (Å²) >= 11 is 0. The minimum atomic E-state index is -0.784. The van der Waals surface area contributed by atoms with Gasteiger partial charge in [-0.1, -0.05) is 6.07 Å². The zero-order valence-electron chi connectivity index (χ0n) is 14.1. The average Bonchev–Trinajstić information content (AvgIpc) is 2.46. The molecular weight excluding hydrogens is 280 g/mol. The maximum absolute atomic E-state index is 10.5. The fourth-order valence-corrected chi connectivity index (χ4v) is 2.27. The Hall–Kier alpha value is -1.75. The van der Waals surface area contributed by atoms with Crippen LogP contribution < -0.4 is 15.0 Å². The fourth-order valence-electron chi connectivity index (χ4n) is 2.27. The van der Waals surface area contributed by atoms with Crippen molar-refractivity contribution < 1.29 is 14.6 Å². The molecule has 0 saturated heterocycles. The van der Waals surface area contributed by atoms with Gasteiger partial charge in [0, 0.05) is 26.2 Å². The van der Waals surface area contributed by atoms with Crippen molar-refractivity contribution in [2.75, 3.05) is 24.5 Å². The molecule has 0 heterocycles. The summed E-state index contributed by atoms with van der Waals surface area (Å²) in [6, 6.07) is 6.19. The van der Waals surface area contributed by atoms with Gasteiger partial charge in [-0.25, -0.2) is 0 Å². The van der Waals surface area contributed by atoms with Gasteiger partial charge < -0.3 is 20.1 Å². The van der Waals surface area contributed by atoms with Crippen LogP contribution in [0, 0.1) is 0 Å². The Kier molecular flexibility index (Phi) is 7.74. The molecule has 0 aliphatic heterocycles. The largest absolute Gasteiger partial charge is 0.489 e. The number of hydrogen-bond donors (Lipinski definition) is 2. The van der Waals surface area contributed by atoms with Gasteiger partial charge in [-0.15, -0.1) is 0 Å². The van der Waals surface area contributed by atoms with Gasteiger partial charge in [0.05, 0.1) is 18.2 Å². The van der Waals surface area contributed by atoms with Crippen LogP contribution in [0.15, 0.2) is 18.2 Å². The number of nitrogens with one attached hydrogen (secondary N) is 1. The second-order valence-corrected chi connectivity index (χ2v) is 5.46. The van der Waals surface area contributed by atoms with Crippen LogP contribution in [0.25, 0.3) is 0 Å². The van der Waals surface area contributed by atoms with Crippen LogP contribution in [0.5, 0.6) is 5.75 Å². The van der Waals surface area contributed by atoms with Gasteiger partial charge in [0.1, 0.15) is 5.75 Å². The summed E-state index contributed by atoms with van der Waals surface area (Å²) < 4.78 is 5.95. The molecule has 0 saturated carbocycles. The monoisotopic (exact) mass is 308 g/mol. The molecule has 0 aliphatic rings. The molecule has 5 heteroatoms. The Morgan fingerprint density at radius 2 is 2.00 bits per heavy atom. The van der Waals surface area contributed by atoms with E-state index in [1.165, 1.54) is 0 Å². The number of aliphatic carboxylic acids is 1. The molecule has 22 heavy (non-hydrogen) atoms. The molecule has 0 atom stereocenters. The lowest BCUT2D eigenvalue weighted by atomic mass is 10.1. The number of benzene rings is 1. The third kappa shape index (κ3) is 5.93. The van der Waals surface area contributed by atoms with Gasteiger partial charge >= 0.3 is 5.97 Å². The molecule has 124 valence electrons. The van der Waals surface area contributed by atoms with E-state index in [2.05, 4.69) is 36.2 Å². The van der Waals surface area contributed by atoms with Crippen molar-refractivity contribution in [3.05, 3.63) is 23.8 Å². The standard InChI is InChI=1S/C17H28N2O3/c1-5-19(6-2)15-8-7-14(11-16(15)22-13(3)4)12-18-10-9-17(20)21/h7-8,11,13,18H,5-6,9-10,12H2,1-4H3,(H,20,21). The lowest BCUT2D eigenvalue weighted by molar-refractivity contribution is -0.136. The van der Waals surface area contributed by atoms with Gasteiger partial charge in [-0.05, 0) is 45.4 Å². The number of carboxylic acids is 1. The molecule has 0 amide bonds. The molecule has 0 bridgehead atoms. The second kappa shape index (κ2) is 9.30. The van der Waals surface area contributed by atoms with Gasteiger partial charge in [-0.2, -0.15) is 0 Å². The van der Waals surface area contributed by atoms with Crippen molar-refractivity contribution in [2.24, 2.45) is 0 Å². The molecule has 2 N–H and O–H groups in total. The van der Waals surface area contributed by atoms with Crippen molar-refractivity contribution in [1.82, 2.24) is 5.32 Å². The summed E-state index contributed by atoms with van der Waals surface area (Å²) in [4.78, 5) is 12.8. The van der Waals surface area contributed by atoms with Crippen LogP contribution in [0.2, 0.25) is 0 Å². The van der Waals surface area contributed by atoms with E-state index in [0.29, 0.717) is 13.1 Å². The predicted octanol–water partition coefficient (Wildman–Crippen LogP) is 2.88. The lowest BCUT2D eigenvalue weighted by Crippen LogP contribution is -2.23. The summed E-state index contributed by atoms with van der Waals surface area (Å²) in [5.74, 6) is 0.101. The number of anilines is 1. The molecule has 0 radical (unpaired) electrons. The molecule has 0 spiro atoms. The van der Waals surface area contributed by atoms with Crippen LogP contribution in [0.1, 0.15) is 39.7 Å². The average molecular weight is 308 g/mol. The molecule has 1 aromatic rings. The van der Waals surface area contributed by atoms with E-state index in [1.807, 2.05) is 19.9 Å². The number of rotatable bonds is 10. The van der Waals surface area contributed by atoms with Crippen LogP contribution in [-0.2, 0) is 11.3 Å². The summed E-state index contributed by atoms with van der Waals surface area (Å²) in [5.41, 5.74) is 2.20. The molecule has 0 aromatic heterocycles. The molecule has 1 aromatic carbocycles. The maximum Gasteiger partial charge on any atom is 0.304 e. The normalized spacial score (nSPS) is 10.8. The first kappa shape index (κ1) is 18.3. The lowest BCUT2D eigenvalue weighted by Gasteiger charge is -2.25. The van der Waals surface area contributed by atoms with E-state index in [-0.39, 0.29) is 12.5 Å². The summed E-state index contributed by atoms with van der Waals surface area (Å²) in [7, 11) is 0. The Morgan fingerprint density at radius 3 is 2.55 bits per heavy atom. The van der Waals surface area contributed by atoms with E-state index in [9.17, 15) is 4.79 Å². The SMILES string of the molecule is CCN(CC)c1ccc(CNCCC(=O)O)cc1OC(C)C. The van der Waals surface area contributed by atoms with E-state index in [0.717, 1.165) is 30.1 Å². The highest BCUT2D eigenvalue weighted by molar-refractivity contribution is 5.66. The maximum atomic E-state index is 10.5. The van der Waals surface area contributed by atoms with E-state index in [4.69, 9.17) is 9.84 Å². The Morgan fingerprint density at radius 1 is 1.32 bits per heavy atom. The van der Waals surface area contributed by atoms with Gasteiger partial charge in [-0.3, -0.25) is 4.79 Å². The number of ether oxygens (including phenoxy) is 1. The van der Waals surface area contributed by atoms with Crippen LogP contribution in [0.4, 0.5) is 5.69 Å². The Labute approximate surface area is 133 Å². The highest BCUT2D eigenvalue weighted by Crippen LogP contribution is 2.30. The van der Waals surface area contributed by atoms with Crippen molar-refractivity contribution in [3.63, 3.8) is 0 Å². The highest BCUT2D eigenvalue weighted by Gasteiger charge is 2.12. The second-order valence-electron chi connectivity index (χ2n) is 5.46. The third-order valence-electron chi connectivity index (χ3n) is 3.34. The minimum Gasteiger partial charge on any atom is -0.489 e. The molecule has 0 aliphatic carbocycles. The predicted molar refractivity (Wildman–Crippen MR) is 89.7 cm³/mol. The summed E-state index contributed by atoms with van der Waals surface area (Å²) in [5, 5.41) is 11.8. The Bertz CT molecular complexity index is 471. The summed E-state index contributed by atoms with van der Waals surface area (Å²) in [6.07, 6.45) is 0.247. The smallest absolute Gasteiger partial charge is 0.304 e. The van der Waals surface area contributed by atoms with Crippen molar-refractivity contribution >= 4 is 11.7 Å². The fraction of sp³-hybridized carbons (Fsp3) is 0.588. The van der Waals surface area contributed by atoms with Crippen LogP contribution in [-0.4, -0.2) is 36.8 Å². The van der Waals surface area contributed by atoms with Gasteiger partial charge in [0.2, 0.25) is 0 Å². The molecule has 5 nitrogen and oxygen atoms in total. The van der Waals surface area contributed by atoms with E-state index >= 15 is 0 Å². The van der Waals surface area contributed by atoms with Crippen LogP contribution >= 0.6 is 0 Å². The third-order valence-corrected chi connectivity index (χ3v) is 3.34. The van der Waals surface area contributed by atoms with E-state index < -0.39 is 5.97 Å². The zero-order chi connectivity index (χ0) is 16.5. The minimum absolute atomic E-state index is 0.115. The van der Waals surface area contributed by atoms with E-state index in [1.54, 1.807) is 0 Å². The molecule has 1 rings (SSSR count). The van der Waals surface area contributed by atoms with Gasteiger partial charge in [0.15, 0.2) is 0 Å². The first-order chi connectivity index (χ1) is 10.5. The number of nitrogens with zero attached hydrogens (tertiary/aromatic N) is 1. The van der Waals surface area contributed by atoms with Gasteiger partial charge in [0.25, 0.3) is 0 Å². The number of carboxylic acid groups (broad SMARTS) is 1.